The molecule has 2 heterocycles. The van der Waals surface area contributed by atoms with Crippen molar-refractivity contribution in [2.75, 3.05) is 32.8 Å². The number of fused-ring (bicyclic) bond motifs is 2. The highest BCUT2D eigenvalue weighted by Gasteiger charge is 2.26. The molecule has 0 fully saturated rings. The van der Waals surface area contributed by atoms with E-state index in [0.717, 1.165) is 24.0 Å². The summed E-state index contributed by atoms with van der Waals surface area (Å²) in [6, 6.07) is 13.9. The Hall–Kier alpha value is -1.89. The topological polar surface area (TPSA) is 53.0 Å². The molecule has 1 atom stereocenters. The predicted molar refractivity (Wildman–Crippen MR) is 107 cm³/mol. The Morgan fingerprint density at radius 2 is 1.93 bits per heavy atom. The smallest absolute Gasteiger partial charge is 0.257 e. The maximum absolute atomic E-state index is 12.9. The first kappa shape index (κ1) is 18.5. The Balaban J connectivity index is 1.39. The Bertz CT molecular complexity index is 842. The van der Waals surface area contributed by atoms with Gasteiger partial charge in [0.15, 0.2) is 0 Å². The molecule has 6 heteroatoms. The van der Waals surface area contributed by atoms with Crippen LogP contribution in [0.5, 0.6) is 5.75 Å². The van der Waals surface area contributed by atoms with E-state index in [1.165, 1.54) is 11.1 Å². The van der Waals surface area contributed by atoms with Crippen molar-refractivity contribution >= 4 is 21.8 Å². The third-order valence-electron chi connectivity index (χ3n) is 5.19. The van der Waals surface area contributed by atoms with Crippen molar-refractivity contribution in [3.63, 3.8) is 0 Å². The lowest BCUT2D eigenvalue weighted by atomic mass is 10.00. The molecule has 2 aromatic rings. The average molecular weight is 431 g/mol. The monoisotopic (exact) mass is 430 g/mol. The average Bonchev–Trinajstić information content (AvgIpc) is 2.81. The van der Waals surface area contributed by atoms with Gasteiger partial charge in [0.05, 0.1) is 18.2 Å². The summed E-state index contributed by atoms with van der Waals surface area (Å²) in [4.78, 5) is 16.8. The van der Waals surface area contributed by atoms with Crippen LogP contribution in [0.25, 0.3) is 0 Å². The minimum Gasteiger partial charge on any atom is -0.491 e. The fourth-order valence-electron chi connectivity index (χ4n) is 3.83. The molecular weight excluding hydrogens is 408 g/mol. The van der Waals surface area contributed by atoms with Crippen molar-refractivity contribution in [2.24, 2.45) is 0 Å². The molecule has 2 aliphatic rings. The number of carbonyl (C=O) groups is 1. The molecule has 27 heavy (non-hydrogen) atoms. The highest BCUT2D eigenvalue weighted by molar-refractivity contribution is 9.10. The second kappa shape index (κ2) is 8.00. The van der Waals surface area contributed by atoms with Gasteiger partial charge in [-0.2, -0.15) is 0 Å². The van der Waals surface area contributed by atoms with Crippen LogP contribution in [0.1, 0.15) is 21.5 Å². The molecule has 0 saturated carbocycles. The molecule has 0 saturated heterocycles. The summed E-state index contributed by atoms with van der Waals surface area (Å²) in [7, 11) is 0. The summed E-state index contributed by atoms with van der Waals surface area (Å²) in [6.07, 6.45) is 0.411. The molecule has 142 valence electrons. The molecule has 0 unspecified atom stereocenters. The van der Waals surface area contributed by atoms with Crippen LogP contribution >= 0.6 is 15.9 Å². The van der Waals surface area contributed by atoms with E-state index >= 15 is 0 Å². The van der Waals surface area contributed by atoms with Gasteiger partial charge < -0.3 is 14.7 Å². The van der Waals surface area contributed by atoms with Crippen LogP contribution < -0.4 is 4.74 Å². The van der Waals surface area contributed by atoms with Gasteiger partial charge in [0.1, 0.15) is 12.4 Å². The van der Waals surface area contributed by atoms with Crippen LogP contribution in [-0.4, -0.2) is 59.7 Å². The van der Waals surface area contributed by atoms with E-state index in [-0.39, 0.29) is 5.91 Å². The van der Waals surface area contributed by atoms with Crippen molar-refractivity contribution < 1.29 is 14.6 Å². The fourth-order valence-corrected chi connectivity index (χ4v) is 4.19. The minimum atomic E-state index is -0.590. The molecule has 1 amide bonds. The Labute approximate surface area is 167 Å². The summed E-state index contributed by atoms with van der Waals surface area (Å²) in [5.41, 5.74) is 3.26. The largest absolute Gasteiger partial charge is 0.491 e. The number of aliphatic hydroxyl groups excluding tert-OH is 1. The van der Waals surface area contributed by atoms with E-state index in [0.29, 0.717) is 37.6 Å². The van der Waals surface area contributed by atoms with Crippen LogP contribution in [0.3, 0.4) is 0 Å². The van der Waals surface area contributed by atoms with Crippen LogP contribution in [0.15, 0.2) is 46.9 Å². The molecule has 0 radical (unpaired) electrons. The Morgan fingerprint density at radius 3 is 2.78 bits per heavy atom. The van der Waals surface area contributed by atoms with Gasteiger partial charge in [-0.1, -0.05) is 40.2 Å². The molecule has 0 aliphatic carbocycles. The van der Waals surface area contributed by atoms with E-state index in [9.17, 15) is 9.90 Å². The Morgan fingerprint density at radius 1 is 1.11 bits per heavy atom. The predicted octanol–water partition coefficient (Wildman–Crippen LogP) is 2.70. The second-order valence-electron chi connectivity index (χ2n) is 7.15. The van der Waals surface area contributed by atoms with Gasteiger partial charge in [-0.05, 0) is 35.7 Å². The number of benzene rings is 2. The zero-order valence-electron chi connectivity index (χ0n) is 15.1. The lowest BCUT2D eigenvalue weighted by Crippen LogP contribution is -2.44. The van der Waals surface area contributed by atoms with Gasteiger partial charge in [0.25, 0.3) is 5.91 Å². The van der Waals surface area contributed by atoms with Crippen molar-refractivity contribution in [3.05, 3.63) is 63.6 Å². The molecular formula is C21H23BrN2O3. The second-order valence-corrected chi connectivity index (χ2v) is 8.06. The zero-order chi connectivity index (χ0) is 18.8. The summed E-state index contributed by atoms with van der Waals surface area (Å²) >= 11 is 3.41. The summed E-state index contributed by atoms with van der Waals surface area (Å²) in [5, 5.41) is 10.6. The van der Waals surface area contributed by atoms with E-state index in [2.05, 4.69) is 45.1 Å². The molecule has 0 bridgehead atoms. The van der Waals surface area contributed by atoms with Gasteiger partial charge in [-0.15, -0.1) is 0 Å². The summed E-state index contributed by atoms with van der Waals surface area (Å²) < 4.78 is 6.54. The van der Waals surface area contributed by atoms with Gasteiger partial charge in [0.2, 0.25) is 0 Å². The van der Waals surface area contributed by atoms with Crippen molar-refractivity contribution in [2.45, 2.75) is 19.1 Å². The number of carbonyl (C=O) groups excluding carboxylic acids is 1. The first-order valence-electron chi connectivity index (χ1n) is 9.29. The molecule has 1 N–H and O–H groups in total. The number of β-amino-alcohol motifs (C(OH)–C–C–N with tert-alkyl or cyclic N) is 1. The third kappa shape index (κ3) is 4.18. The van der Waals surface area contributed by atoms with E-state index < -0.39 is 6.10 Å². The van der Waals surface area contributed by atoms with E-state index in [1.807, 2.05) is 12.1 Å². The zero-order valence-corrected chi connectivity index (χ0v) is 16.7. The number of amides is 1. The quantitative estimate of drug-likeness (QED) is 0.809. The summed E-state index contributed by atoms with van der Waals surface area (Å²) in [6.45, 7) is 3.56. The molecule has 2 aliphatic heterocycles. The van der Waals surface area contributed by atoms with Crippen molar-refractivity contribution in [1.82, 2.24) is 9.80 Å². The summed E-state index contributed by atoms with van der Waals surface area (Å²) in [5.74, 6) is 0.514. The first-order chi connectivity index (χ1) is 13.1. The highest BCUT2D eigenvalue weighted by Crippen LogP contribution is 2.27. The van der Waals surface area contributed by atoms with Gasteiger partial charge in [0, 0.05) is 30.7 Å². The number of aliphatic hydroxyl groups is 1. The molecule has 0 aromatic heterocycles. The number of hydrogen-bond donors (Lipinski definition) is 1. The maximum atomic E-state index is 12.9. The fraction of sp³-hybridized carbons (Fsp3) is 0.381. The van der Waals surface area contributed by atoms with Crippen LogP contribution in [0, 0.1) is 0 Å². The molecule has 2 aromatic carbocycles. The SMILES string of the molecule is O=C1c2cc(Br)ccc2OCCN1C[C@H](O)CN1CCc2ccccc2C1. The number of nitrogens with zero attached hydrogens (tertiary/aromatic N) is 2. The van der Waals surface area contributed by atoms with Crippen LogP contribution in [0.4, 0.5) is 0 Å². The Kier molecular flexibility index (Phi) is 5.48. The molecule has 5 nitrogen and oxygen atoms in total. The first-order valence-corrected chi connectivity index (χ1v) is 10.1. The third-order valence-corrected chi connectivity index (χ3v) is 5.68. The minimum absolute atomic E-state index is 0.0909. The van der Waals surface area contributed by atoms with Gasteiger partial charge >= 0.3 is 0 Å². The highest BCUT2D eigenvalue weighted by atomic mass is 79.9. The molecule has 0 spiro atoms. The normalized spacial score (nSPS) is 18.3. The van der Waals surface area contributed by atoms with Gasteiger partial charge in [-0.25, -0.2) is 0 Å². The number of hydrogen-bond acceptors (Lipinski definition) is 4. The van der Waals surface area contributed by atoms with E-state index in [1.54, 1.807) is 11.0 Å². The van der Waals surface area contributed by atoms with Crippen molar-refractivity contribution in [1.29, 1.82) is 0 Å². The lowest BCUT2D eigenvalue weighted by Gasteiger charge is -2.32. The maximum Gasteiger partial charge on any atom is 0.257 e. The van der Waals surface area contributed by atoms with Crippen molar-refractivity contribution in [3.8, 4) is 5.75 Å². The number of halogens is 1. The number of ether oxygens (including phenoxy) is 1. The van der Waals surface area contributed by atoms with E-state index in [4.69, 9.17) is 4.74 Å². The standard InChI is InChI=1S/C21H23BrN2O3/c22-17-5-6-20-19(11-17)21(26)24(9-10-27-20)14-18(25)13-23-8-7-15-3-1-2-4-16(15)12-23/h1-6,11,18,25H,7-10,12-14H2/t18-/m1/s1. The lowest BCUT2D eigenvalue weighted by molar-refractivity contribution is 0.0501. The van der Waals surface area contributed by atoms with Crippen LogP contribution in [-0.2, 0) is 13.0 Å². The number of rotatable bonds is 4. The van der Waals surface area contributed by atoms with Gasteiger partial charge in [-0.3, -0.25) is 9.69 Å². The molecule has 4 rings (SSSR count). The van der Waals surface area contributed by atoms with Crippen LogP contribution in [0.2, 0.25) is 0 Å².